The molecule has 142 valence electrons. The lowest BCUT2D eigenvalue weighted by Crippen LogP contribution is -2.48. The van der Waals surface area contributed by atoms with Gasteiger partial charge in [0.15, 0.2) is 5.96 Å². The van der Waals surface area contributed by atoms with Crippen molar-refractivity contribution < 1.29 is 14.3 Å². The molecule has 0 radical (unpaired) electrons. The molecule has 3 N–H and O–H groups in total. The minimum atomic E-state index is -0.248. The molecule has 1 aromatic rings. The van der Waals surface area contributed by atoms with Crippen LogP contribution in [0.15, 0.2) is 29.3 Å². The Morgan fingerprint density at radius 2 is 1.72 bits per heavy atom. The second kappa shape index (κ2) is 11.8. The number of nitrogens with zero attached hydrogens (tertiary/aromatic N) is 1. The van der Waals surface area contributed by atoms with Crippen LogP contribution in [0.25, 0.3) is 0 Å². The van der Waals surface area contributed by atoms with Crippen molar-refractivity contribution in [2.24, 2.45) is 4.99 Å². The molecule has 0 aliphatic carbocycles. The van der Waals surface area contributed by atoms with E-state index in [1.807, 2.05) is 45.0 Å². The van der Waals surface area contributed by atoms with Crippen LogP contribution in [0.3, 0.4) is 0 Å². The van der Waals surface area contributed by atoms with Crippen LogP contribution in [-0.2, 0) is 4.79 Å². The highest BCUT2D eigenvalue weighted by Crippen LogP contribution is 2.16. The van der Waals surface area contributed by atoms with E-state index >= 15 is 0 Å². The third-order valence-electron chi connectivity index (χ3n) is 2.88. The molecule has 25 heavy (non-hydrogen) atoms. The predicted octanol–water partition coefficient (Wildman–Crippen LogP) is 1.77. The number of rotatable bonds is 7. The summed E-state index contributed by atoms with van der Waals surface area (Å²) < 4.78 is 10.7. The van der Waals surface area contributed by atoms with Crippen molar-refractivity contribution in [1.29, 1.82) is 0 Å². The monoisotopic (exact) mass is 464 g/mol. The van der Waals surface area contributed by atoms with Crippen molar-refractivity contribution >= 4 is 35.8 Å². The summed E-state index contributed by atoms with van der Waals surface area (Å²) in [5, 5.41) is 8.93. The Labute approximate surface area is 167 Å². The molecule has 0 unspecified atom stereocenters. The van der Waals surface area contributed by atoms with Crippen LogP contribution in [0, 0.1) is 0 Å². The molecule has 1 aromatic carbocycles. The number of hydrogen-bond donors (Lipinski definition) is 3. The number of ether oxygens (including phenoxy) is 2. The largest absolute Gasteiger partial charge is 0.497 e. The fourth-order valence-electron chi connectivity index (χ4n) is 1.86. The minimum Gasteiger partial charge on any atom is -0.497 e. The number of aliphatic imine (C=N–C) groups is 1. The molecule has 7 nitrogen and oxygen atoms in total. The number of amides is 1. The number of guanidine groups is 1. The molecule has 0 aliphatic rings. The molecule has 0 spiro atoms. The molecule has 0 atom stereocenters. The average molecular weight is 464 g/mol. The Kier molecular flexibility index (Phi) is 11.0. The lowest BCUT2D eigenvalue weighted by Gasteiger charge is -2.21. The first-order valence-corrected chi connectivity index (χ1v) is 7.86. The van der Waals surface area contributed by atoms with Gasteiger partial charge in [0, 0.05) is 12.6 Å². The van der Waals surface area contributed by atoms with Crippen LogP contribution in [0.1, 0.15) is 20.8 Å². The topological polar surface area (TPSA) is 84.0 Å². The molecule has 0 aliphatic heterocycles. The zero-order chi connectivity index (χ0) is 18.0. The van der Waals surface area contributed by atoms with Crippen molar-refractivity contribution in [2.45, 2.75) is 26.3 Å². The fourth-order valence-corrected chi connectivity index (χ4v) is 1.86. The number of hydrogen-bond acceptors (Lipinski definition) is 4. The van der Waals surface area contributed by atoms with Gasteiger partial charge < -0.3 is 25.4 Å². The summed E-state index contributed by atoms with van der Waals surface area (Å²) in [6, 6.07) is 7.39. The van der Waals surface area contributed by atoms with Gasteiger partial charge in [0.2, 0.25) is 5.91 Å². The lowest BCUT2D eigenvalue weighted by atomic mass is 10.1. The summed E-state index contributed by atoms with van der Waals surface area (Å²) in [6.45, 7) is 7.02. The van der Waals surface area contributed by atoms with Gasteiger partial charge in [-0.2, -0.15) is 0 Å². The summed E-state index contributed by atoms with van der Waals surface area (Å²) in [6.07, 6.45) is 0. The van der Waals surface area contributed by atoms with Crippen LogP contribution in [0.4, 0.5) is 0 Å². The number of benzene rings is 1. The molecule has 0 fully saturated rings. The zero-order valence-electron chi connectivity index (χ0n) is 15.5. The van der Waals surface area contributed by atoms with E-state index in [1.54, 1.807) is 14.2 Å². The third-order valence-corrected chi connectivity index (χ3v) is 2.88. The van der Waals surface area contributed by atoms with Crippen LogP contribution in [0.2, 0.25) is 0 Å². The molecule has 1 amide bonds. The highest BCUT2D eigenvalue weighted by Gasteiger charge is 2.13. The van der Waals surface area contributed by atoms with E-state index in [9.17, 15) is 4.79 Å². The number of halogens is 1. The van der Waals surface area contributed by atoms with Crippen molar-refractivity contribution in [3.8, 4) is 11.5 Å². The lowest BCUT2D eigenvalue weighted by molar-refractivity contribution is -0.121. The van der Waals surface area contributed by atoms with Gasteiger partial charge in [-0.25, -0.2) is 0 Å². The number of carbonyl (C=O) groups excluding carboxylic acids is 1. The maximum Gasteiger partial charge on any atom is 0.239 e. The SMILES string of the molecule is CN=C(NCCOc1ccc(OC)cc1)NCC(=O)NC(C)(C)C.I. The highest BCUT2D eigenvalue weighted by molar-refractivity contribution is 14.0. The van der Waals surface area contributed by atoms with Gasteiger partial charge in [-0.15, -0.1) is 24.0 Å². The van der Waals surface area contributed by atoms with Gasteiger partial charge in [-0.05, 0) is 45.0 Å². The van der Waals surface area contributed by atoms with Crippen molar-refractivity contribution in [3.63, 3.8) is 0 Å². The Bertz CT molecular complexity index is 542. The minimum absolute atomic E-state index is 0. The number of nitrogens with one attached hydrogen (secondary N) is 3. The molecule has 0 aromatic heterocycles. The van der Waals surface area contributed by atoms with E-state index in [0.29, 0.717) is 19.1 Å². The van der Waals surface area contributed by atoms with Crippen LogP contribution in [-0.4, -0.2) is 51.3 Å². The van der Waals surface area contributed by atoms with Crippen LogP contribution in [0.5, 0.6) is 11.5 Å². The smallest absolute Gasteiger partial charge is 0.239 e. The van der Waals surface area contributed by atoms with E-state index in [0.717, 1.165) is 11.5 Å². The van der Waals surface area contributed by atoms with Crippen molar-refractivity contribution in [3.05, 3.63) is 24.3 Å². The summed E-state index contributed by atoms with van der Waals surface area (Å²) >= 11 is 0. The van der Waals surface area contributed by atoms with Gasteiger partial charge in [-0.3, -0.25) is 9.79 Å². The molecule has 0 saturated carbocycles. The Balaban J connectivity index is 0.00000576. The summed E-state index contributed by atoms with van der Waals surface area (Å²) in [5.74, 6) is 2.03. The highest BCUT2D eigenvalue weighted by atomic mass is 127. The molecule has 0 saturated heterocycles. The first-order valence-electron chi connectivity index (χ1n) is 7.86. The zero-order valence-corrected chi connectivity index (χ0v) is 17.8. The maximum atomic E-state index is 11.8. The van der Waals surface area contributed by atoms with E-state index in [1.165, 1.54) is 0 Å². The molecule has 8 heteroatoms. The molecule has 1 rings (SSSR count). The van der Waals surface area contributed by atoms with Gasteiger partial charge in [0.05, 0.1) is 20.2 Å². The second-order valence-electron chi connectivity index (χ2n) is 6.17. The van der Waals surface area contributed by atoms with Gasteiger partial charge in [-0.1, -0.05) is 0 Å². The quantitative estimate of drug-likeness (QED) is 0.248. The van der Waals surface area contributed by atoms with Crippen LogP contribution >= 0.6 is 24.0 Å². The fraction of sp³-hybridized carbons (Fsp3) is 0.529. The van der Waals surface area contributed by atoms with Gasteiger partial charge >= 0.3 is 0 Å². The third kappa shape index (κ3) is 10.7. The Morgan fingerprint density at radius 1 is 1.12 bits per heavy atom. The first-order chi connectivity index (χ1) is 11.3. The molecule has 0 heterocycles. The predicted molar refractivity (Wildman–Crippen MR) is 111 cm³/mol. The normalized spacial score (nSPS) is 11.2. The summed E-state index contributed by atoms with van der Waals surface area (Å²) in [4.78, 5) is 15.8. The molecular formula is C17H29IN4O3. The van der Waals surface area contributed by atoms with Crippen molar-refractivity contribution in [2.75, 3.05) is 33.9 Å². The van der Waals surface area contributed by atoms with E-state index < -0.39 is 0 Å². The Morgan fingerprint density at radius 3 is 2.24 bits per heavy atom. The Hall–Kier alpha value is -1.71. The van der Waals surface area contributed by atoms with Gasteiger partial charge in [0.1, 0.15) is 18.1 Å². The maximum absolute atomic E-state index is 11.8. The standard InChI is InChI=1S/C17H28N4O3.HI/c1-17(2,3)21-15(22)12-20-16(18-4)19-10-11-24-14-8-6-13(23-5)7-9-14;/h6-9H,10-12H2,1-5H3,(H,21,22)(H2,18,19,20);1H. The van der Waals surface area contributed by atoms with Crippen molar-refractivity contribution in [1.82, 2.24) is 16.0 Å². The number of carbonyl (C=O) groups is 1. The van der Waals surface area contributed by atoms with Gasteiger partial charge in [0.25, 0.3) is 0 Å². The van der Waals surface area contributed by atoms with E-state index in [4.69, 9.17) is 9.47 Å². The van der Waals surface area contributed by atoms with E-state index in [2.05, 4.69) is 20.9 Å². The second-order valence-corrected chi connectivity index (χ2v) is 6.17. The number of methoxy groups -OCH3 is 1. The summed E-state index contributed by atoms with van der Waals surface area (Å²) in [7, 11) is 3.28. The average Bonchev–Trinajstić information content (AvgIpc) is 2.53. The first kappa shape index (κ1) is 23.3. The summed E-state index contributed by atoms with van der Waals surface area (Å²) in [5.41, 5.74) is -0.248. The van der Waals surface area contributed by atoms with Crippen LogP contribution < -0.4 is 25.4 Å². The molecular weight excluding hydrogens is 435 g/mol. The molecule has 0 bridgehead atoms. The van der Waals surface area contributed by atoms with E-state index in [-0.39, 0.29) is 42.0 Å².